The molecule has 0 heterocycles. The normalized spacial score (nSPS) is 10.2. The first-order valence-electron chi connectivity index (χ1n) is 8.91. The number of rotatable bonds is 4. The van der Waals surface area contributed by atoms with Gasteiger partial charge in [-0.15, -0.1) is 0 Å². The Kier molecular flexibility index (Phi) is 6.34. The molecule has 3 aromatic rings. The zero-order valence-corrected chi connectivity index (χ0v) is 16.7. The van der Waals surface area contributed by atoms with Crippen LogP contribution in [0.25, 0.3) is 0 Å². The van der Waals surface area contributed by atoms with Crippen molar-refractivity contribution in [1.82, 2.24) is 10.9 Å². The van der Waals surface area contributed by atoms with Gasteiger partial charge in [0.2, 0.25) is 0 Å². The summed E-state index contributed by atoms with van der Waals surface area (Å²) in [4.78, 5) is 37.0. The highest BCUT2D eigenvalue weighted by molar-refractivity contribution is 6.31. The van der Waals surface area contributed by atoms with Crippen LogP contribution in [-0.4, -0.2) is 22.8 Å². The van der Waals surface area contributed by atoms with Crippen molar-refractivity contribution < 1.29 is 19.5 Å². The Balaban J connectivity index is 1.69. The van der Waals surface area contributed by atoms with Crippen LogP contribution in [0.1, 0.15) is 36.6 Å². The van der Waals surface area contributed by atoms with Gasteiger partial charge in [-0.3, -0.25) is 25.2 Å². The van der Waals surface area contributed by atoms with Gasteiger partial charge in [-0.1, -0.05) is 35.9 Å². The van der Waals surface area contributed by atoms with E-state index >= 15 is 0 Å². The maximum absolute atomic E-state index is 12.4. The van der Waals surface area contributed by atoms with Crippen LogP contribution in [0.2, 0.25) is 5.02 Å². The number of anilines is 1. The molecule has 3 amide bonds. The Morgan fingerprint density at radius 2 is 1.50 bits per heavy atom. The second-order valence-electron chi connectivity index (χ2n) is 6.42. The summed E-state index contributed by atoms with van der Waals surface area (Å²) in [6, 6.07) is 17.4. The molecule has 4 N–H and O–H groups in total. The molecule has 3 rings (SSSR count). The predicted molar refractivity (Wildman–Crippen MR) is 114 cm³/mol. The van der Waals surface area contributed by atoms with Gasteiger partial charge in [0, 0.05) is 21.8 Å². The molecule has 0 saturated carbocycles. The molecular weight excluding hydrogens is 406 g/mol. The molecule has 0 radical (unpaired) electrons. The number of aryl methyl sites for hydroxylation is 1. The van der Waals surface area contributed by atoms with Gasteiger partial charge in [0.05, 0.1) is 5.56 Å². The van der Waals surface area contributed by atoms with Crippen molar-refractivity contribution in [3.63, 3.8) is 0 Å². The molecule has 0 saturated heterocycles. The Bertz CT molecular complexity index is 1120. The minimum absolute atomic E-state index is 0.0810. The van der Waals surface area contributed by atoms with Crippen molar-refractivity contribution in [3.8, 4) is 5.75 Å². The maximum atomic E-state index is 12.4. The van der Waals surface area contributed by atoms with Gasteiger partial charge < -0.3 is 10.4 Å². The number of aromatic hydroxyl groups is 1. The monoisotopic (exact) mass is 423 g/mol. The number of amides is 3. The summed E-state index contributed by atoms with van der Waals surface area (Å²) in [7, 11) is 0. The van der Waals surface area contributed by atoms with Crippen molar-refractivity contribution in [2.75, 3.05) is 5.32 Å². The summed E-state index contributed by atoms with van der Waals surface area (Å²) in [5.74, 6) is -1.90. The summed E-state index contributed by atoms with van der Waals surface area (Å²) in [5, 5.41) is 12.8. The van der Waals surface area contributed by atoms with Crippen molar-refractivity contribution in [1.29, 1.82) is 0 Å². The molecule has 0 fully saturated rings. The first kappa shape index (κ1) is 20.9. The largest absolute Gasteiger partial charge is 0.507 e. The molecule has 0 aliphatic carbocycles. The number of halogens is 1. The molecule has 152 valence electrons. The van der Waals surface area contributed by atoms with Crippen LogP contribution in [-0.2, 0) is 0 Å². The van der Waals surface area contributed by atoms with Gasteiger partial charge in [0.15, 0.2) is 0 Å². The molecule has 8 heteroatoms. The highest BCUT2D eigenvalue weighted by Crippen LogP contribution is 2.21. The Morgan fingerprint density at radius 1 is 0.800 bits per heavy atom. The third-order valence-corrected chi connectivity index (χ3v) is 4.51. The lowest BCUT2D eigenvalue weighted by Crippen LogP contribution is -2.41. The fourth-order valence-corrected chi connectivity index (χ4v) is 2.80. The number of phenolic OH excluding ortho intramolecular Hbond substituents is 1. The van der Waals surface area contributed by atoms with E-state index < -0.39 is 11.8 Å². The fraction of sp³-hybridized carbons (Fsp3) is 0.0455. The molecule has 7 nitrogen and oxygen atoms in total. The van der Waals surface area contributed by atoms with Crippen LogP contribution < -0.4 is 16.2 Å². The lowest BCUT2D eigenvalue weighted by molar-refractivity contribution is 0.0845. The highest BCUT2D eigenvalue weighted by Gasteiger charge is 2.15. The van der Waals surface area contributed by atoms with Crippen molar-refractivity contribution >= 4 is 35.0 Å². The lowest BCUT2D eigenvalue weighted by Gasteiger charge is -2.12. The van der Waals surface area contributed by atoms with E-state index in [1.807, 2.05) is 6.07 Å². The van der Waals surface area contributed by atoms with E-state index in [1.54, 1.807) is 43.3 Å². The van der Waals surface area contributed by atoms with Crippen LogP contribution in [0.15, 0.2) is 66.7 Å². The zero-order valence-electron chi connectivity index (χ0n) is 15.9. The Labute approximate surface area is 177 Å². The summed E-state index contributed by atoms with van der Waals surface area (Å²) >= 11 is 5.82. The average molecular weight is 424 g/mol. The Hall–Kier alpha value is -3.84. The van der Waals surface area contributed by atoms with Crippen molar-refractivity contribution in [2.24, 2.45) is 0 Å². The third-order valence-electron chi connectivity index (χ3n) is 4.28. The van der Waals surface area contributed by atoms with E-state index in [4.69, 9.17) is 11.6 Å². The number of benzene rings is 3. The van der Waals surface area contributed by atoms with E-state index in [-0.39, 0.29) is 27.8 Å². The van der Waals surface area contributed by atoms with Gasteiger partial charge in [-0.2, -0.15) is 0 Å². The lowest BCUT2D eigenvalue weighted by atomic mass is 10.1. The van der Waals surface area contributed by atoms with E-state index in [9.17, 15) is 19.5 Å². The zero-order chi connectivity index (χ0) is 21.7. The number of carbonyl (C=O) groups excluding carboxylic acids is 3. The molecule has 0 aromatic heterocycles. The molecule has 0 atom stereocenters. The van der Waals surface area contributed by atoms with Crippen molar-refractivity contribution in [2.45, 2.75) is 6.92 Å². The topological polar surface area (TPSA) is 108 Å². The summed E-state index contributed by atoms with van der Waals surface area (Å²) in [6.07, 6.45) is 0. The highest BCUT2D eigenvalue weighted by atomic mass is 35.5. The van der Waals surface area contributed by atoms with Gasteiger partial charge in [0.1, 0.15) is 5.75 Å². The second kappa shape index (κ2) is 9.11. The van der Waals surface area contributed by atoms with Crippen LogP contribution in [0.4, 0.5) is 5.69 Å². The third kappa shape index (κ3) is 4.95. The molecule has 0 aliphatic heterocycles. The Morgan fingerprint density at radius 3 is 2.23 bits per heavy atom. The predicted octanol–water partition coefficient (Wildman–Crippen LogP) is 3.68. The average Bonchev–Trinajstić information content (AvgIpc) is 2.75. The number of hydrogen-bond acceptors (Lipinski definition) is 4. The molecule has 0 aliphatic rings. The molecular formula is C22H18ClN3O4. The minimum Gasteiger partial charge on any atom is -0.507 e. The molecule has 0 spiro atoms. The van der Waals surface area contributed by atoms with Crippen molar-refractivity contribution in [3.05, 3.63) is 94.0 Å². The van der Waals surface area contributed by atoms with E-state index in [2.05, 4.69) is 16.2 Å². The molecule has 0 unspecified atom stereocenters. The molecule has 3 aromatic carbocycles. The fourth-order valence-electron chi connectivity index (χ4n) is 2.63. The van der Waals surface area contributed by atoms with Gasteiger partial charge in [0.25, 0.3) is 17.7 Å². The van der Waals surface area contributed by atoms with Gasteiger partial charge in [-0.05, 0) is 55.0 Å². The minimum atomic E-state index is -0.729. The van der Waals surface area contributed by atoms with Crippen LogP contribution >= 0.6 is 11.6 Å². The van der Waals surface area contributed by atoms with E-state index in [1.165, 1.54) is 24.3 Å². The number of nitrogens with one attached hydrogen (secondary N) is 3. The van der Waals surface area contributed by atoms with Crippen LogP contribution in [0.5, 0.6) is 5.75 Å². The molecule has 30 heavy (non-hydrogen) atoms. The summed E-state index contributed by atoms with van der Waals surface area (Å²) in [5.41, 5.74) is 6.35. The SMILES string of the molecule is Cc1ccc(C(=O)NNC(=O)c2cc(Cl)ccc2O)cc1NC(=O)c1ccccc1. The standard InChI is InChI=1S/C22H18ClN3O4/c1-13-7-8-15(11-18(13)24-20(28)14-5-3-2-4-6-14)21(29)25-26-22(30)17-12-16(23)9-10-19(17)27/h2-12,27H,1H3,(H,24,28)(H,25,29)(H,26,30). The molecule has 0 bridgehead atoms. The first-order chi connectivity index (χ1) is 14.3. The van der Waals surface area contributed by atoms with Gasteiger partial charge >= 0.3 is 0 Å². The van der Waals surface area contributed by atoms with Crippen LogP contribution in [0.3, 0.4) is 0 Å². The number of phenols is 1. The smallest absolute Gasteiger partial charge is 0.273 e. The van der Waals surface area contributed by atoms with E-state index in [0.29, 0.717) is 11.3 Å². The van der Waals surface area contributed by atoms with Crippen LogP contribution in [0, 0.1) is 6.92 Å². The van der Waals surface area contributed by atoms with Gasteiger partial charge in [-0.25, -0.2) is 0 Å². The quantitative estimate of drug-likeness (QED) is 0.480. The van der Waals surface area contributed by atoms with E-state index in [0.717, 1.165) is 5.56 Å². The summed E-state index contributed by atoms with van der Waals surface area (Å²) < 4.78 is 0. The number of hydrazine groups is 1. The second-order valence-corrected chi connectivity index (χ2v) is 6.86. The first-order valence-corrected chi connectivity index (χ1v) is 9.29. The number of hydrogen-bond donors (Lipinski definition) is 4. The number of carbonyl (C=O) groups is 3. The maximum Gasteiger partial charge on any atom is 0.273 e. The summed E-state index contributed by atoms with van der Waals surface area (Å²) in [6.45, 7) is 1.80.